The number of hydrogen-bond donors (Lipinski definition) is 2. The van der Waals surface area contributed by atoms with Crippen LogP contribution < -0.4 is 10.6 Å². The van der Waals surface area contributed by atoms with Gasteiger partial charge in [0.25, 0.3) is 0 Å². The fourth-order valence-corrected chi connectivity index (χ4v) is 1.41. The molecule has 0 bridgehead atoms. The molecule has 2 N–H and O–H groups in total. The number of hydrogen-bond acceptors (Lipinski definition) is 2. The standard InChI is InChI=1S/C12H20N2/c1-10-4-5-12(8-11(10)2)6-7-14-9-13-3/h4-5,8,13-14H,6-7,9H2,1-3H3. The Bertz CT molecular complexity index is 282. The Morgan fingerprint density at radius 3 is 2.57 bits per heavy atom. The van der Waals surface area contributed by atoms with E-state index in [9.17, 15) is 0 Å². The second-order valence-corrected chi connectivity index (χ2v) is 3.70. The summed E-state index contributed by atoms with van der Waals surface area (Å²) in [6, 6.07) is 6.68. The Morgan fingerprint density at radius 2 is 1.93 bits per heavy atom. The highest BCUT2D eigenvalue weighted by atomic mass is 15.0. The van der Waals surface area contributed by atoms with E-state index in [2.05, 4.69) is 42.7 Å². The number of aryl methyl sites for hydroxylation is 2. The molecule has 14 heavy (non-hydrogen) atoms. The van der Waals surface area contributed by atoms with Gasteiger partial charge in [-0.25, -0.2) is 0 Å². The first kappa shape index (κ1) is 11.2. The second-order valence-electron chi connectivity index (χ2n) is 3.70. The predicted octanol–water partition coefficient (Wildman–Crippen LogP) is 1.61. The molecule has 0 aliphatic rings. The summed E-state index contributed by atoms with van der Waals surface area (Å²) in [6.45, 7) is 6.23. The van der Waals surface area contributed by atoms with Gasteiger partial charge in [-0.05, 0) is 44.0 Å². The molecule has 0 amide bonds. The van der Waals surface area contributed by atoms with Crippen molar-refractivity contribution in [2.75, 3.05) is 20.3 Å². The molecule has 2 nitrogen and oxygen atoms in total. The molecule has 78 valence electrons. The van der Waals surface area contributed by atoms with Crippen LogP contribution in [0.25, 0.3) is 0 Å². The molecule has 0 spiro atoms. The topological polar surface area (TPSA) is 24.1 Å². The minimum atomic E-state index is 0.880. The van der Waals surface area contributed by atoms with E-state index in [1.54, 1.807) is 0 Å². The Balaban J connectivity index is 2.39. The van der Waals surface area contributed by atoms with E-state index in [1.807, 2.05) is 7.05 Å². The molecule has 1 aromatic rings. The largest absolute Gasteiger partial charge is 0.308 e. The summed E-state index contributed by atoms with van der Waals surface area (Å²) in [5, 5.41) is 6.37. The lowest BCUT2D eigenvalue weighted by Crippen LogP contribution is -2.27. The molecule has 0 heterocycles. The van der Waals surface area contributed by atoms with Crippen LogP contribution in [0.2, 0.25) is 0 Å². The van der Waals surface area contributed by atoms with E-state index in [0.717, 1.165) is 19.6 Å². The van der Waals surface area contributed by atoms with E-state index < -0.39 is 0 Å². The van der Waals surface area contributed by atoms with Gasteiger partial charge in [-0.2, -0.15) is 0 Å². The van der Waals surface area contributed by atoms with Crippen molar-refractivity contribution in [3.63, 3.8) is 0 Å². The summed E-state index contributed by atoms with van der Waals surface area (Å²) in [5.74, 6) is 0. The summed E-state index contributed by atoms with van der Waals surface area (Å²) in [4.78, 5) is 0. The maximum absolute atomic E-state index is 3.31. The van der Waals surface area contributed by atoms with Crippen LogP contribution in [0, 0.1) is 13.8 Å². The maximum Gasteiger partial charge on any atom is 0.0451 e. The summed E-state index contributed by atoms with van der Waals surface area (Å²) >= 11 is 0. The van der Waals surface area contributed by atoms with E-state index in [4.69, 9.17) is 0 Å². The number of benzene rings is 1. The summed E-state index contributed by atoms with van der Waals surface area (Å²) in [7, 11) is 1.95. The van der Waals surface area contributed by atoms with E-state index >= 15 is 0 Å². The zero-order valence-corrected chi connectivity index (χ0v) is 9.35. The summed E-state index contributed by atoms with van der Waals surface area (Å²) in [6.07, 6.45) is 1.10. The van der Waals surface area contributed by atoms with Crippen molar-refractivity contribution in [3.05, 3.63) is 34.9 Å². The highest BCUT2D eigenvalue weighted by Crippen LogP contribution is 2.09. The highest BCUT2D eigenvalue weighted by molar-refractivity contribution is 5.29. The van der Waals surface area contributed by atoms with Crippen LogP contribution in [-0.2, 0) is 6.42 Å². The molecule has 0 saturated heterocycles. The van der Waals surface area contributed by atoms with Crippen LogP contribution in [0.15, 0.2) is 18.2 Å². The zero-order chi connectivity index (χ0) is 10.4. The molecule has 0 aromatic heterocycles. The molecule has 2 heteroatoms. The molecule has 1 aromatic carbocycles. The SMILES string of the molecule is CNCNCCc1ccc(C)c(C)c1. The monoisotopic (exact) mass is 192 g/mol. The average molecular weight is 192 g/mol. The lowest BCUT2D eigenvalue weighted by Gasteiger charge is -2.06. The average Bonchev–Trinajstić information content (AvgIpc) is 2.18. The minimum Gasteiger partial charge on any atom is -0.308 e. The molecular weight excluding hydrogens is 172 g/mol. The van der Waals surface area contributed by atoms with E-state index in [1.165, 1.54) is 16.7 Å². The molecule has 0 fully saturated rings. The van der Waals surface area contributed by atoms with Gasteiger partial charge in [0.2, 0.25) is 0 Å². The lowest BCUT2D eigenvalue weighted by molar-refractivity contribution is 0.631. The van der Waals surface area contributed by atoms with Gasteiger partial charge in [-0.3, -0.25) is 0 Å². The predicted molar refractivity (Wildman–Crippen MR) is 61.5 cm³/mol. The molecule has 0 saturated carbocycles. The third-order valence-corrected chi connectivity index (χ3v) is 2.46. The molecular formula is C12H20N2. The normalized spacial score (nSPS) is 10.5. The van der Waals surface area contributed by atoms with Gasteiger partial charge < -0.3 is 10.6 Å². The Hall–Kier alpha value is -0.860. The third kappa shape index (κ3) is 3.48. The number of rotatable bonds is 5. The highest BCUT2D eigenvalue weighted by Gasteiger charge is 1.95. The number of nitrogens with one attached hydrogen (secondary N) is 2. The Kier molecular flexibility index (Phi) is 4.63. The van der Waals surface area contributed by atoms with Gasteiger partial charge in [-0.1, -0.05) is 18.2 Å². The van der Waals surface area contributed by atoms with Crippen LogP contribution in [0.4, 0.5) is 0 Å². The van der Waals surface area contributed by atoms with E-state index in [0.29, 0.717) is 0 Å². The third-order valence-electron chi connectivity index (χ3n) is 2.46. The summed E-state index contributed by atoms with van der Waals surface area (Å²) in [5.41, 5.74) is 4.17. The van der Waals surface area contributed by atoms with Gasteiger partial charge in [0.15, 0.2) is 0 Å². The molecule has 0 aliphatic carbocycles. The first-order chi connectivity index (χ1) is 6.74. The Labute approximate surface area is 86.7 Å². The quantitative estimate of drug-likeness (QED) is 0.547. The Morgan fingerprint density at radius 1 is 1.14 bits per heavy atom. The fourth-order valence-electron chi connectivity index (χ4n) is 1.41. The van der Waals surface area contributed by atoms with Gasteiger partial charge in [0.1, 0.15) is 0 Å². The van der Waals surface area contributed by atoms with Crippen LogP contribution in [-0.4, -0.2) is 20.3 Å². The van der Waals surface area contributed by atoms with Crippen molar-refractivity contribution in [1.29, 1.82) is 0 Å². The fraction of sp³-hybridized carbons (Fsp3) is 0.500. The maximum atomic E-state index is 3.31. The van der Waals surface area contributed by atoms with Crippen LogP contribution >= 0.6 is 0 Å². The van der Waals surface area contributed by atoms with Crippen LogP contribution in [0.1, 0.15) is 16.7 Å². The summed E-state index contributed by atoms with van der Waals surface area (Å²) < 4.78 is 0. The van der Waals surface area contributed by atoms with Gasteiger partial charge >= 0.3 is 0 Å². The molecule has 0 aliphatic heterocycles. The molecule has 0 radical (unpaired) electrons. The second kappa shape index (κ2) is 5.78. The zero-order valence-electron chi connectivity index (χ0n) is 9.35. The van der Waals surface area contributed by atoms with Crippen molar-refractivity contribution in [2.45, 2.75) is 20.3 Å². The molecule has 0 unspecified atom stereocenters. The van der Waals surface area contributed by atoms with Crippen molar-refractivity contribution in [3.8, 4) is 0 Å². The van der Waals surface area contributed by atoms with Crippen LogP contribution in [0.3, 0.4) is 0 Å². The first-order valence-corrected chi connectivity index (χ1v) is 5.15. The van der Waals surface area contributed by atoms with Gasteiger partial charge in [-0.15, -0.1) is 0 Å². The van der Waals surface area contributed by atoms with Crippen LogP contribution in [0.5, 0.6) is 0 Å². The van der Waals surface area contributed by atoms with E-state index in [-0.39, 0.29) is 0 Å². The minimum absolute atomic E-state index is 0.880. The smallest absolute Gasteiger partial charge is 0.0451 e. The van der Waals surface area contributed by atoms with Crippen molar-refractivity contribution in [1.82, 2.24) is 10.6 Å². The lowest BCUT2D eigenvalue weighted by atomic mass is 10.0. The van der Waals surface area contributed by atoms with Crippen molar-refractivity contribution < 1.29 is 0 Å². The van der Waals surface area contributed by atoms with Crippen molar-refractivity contribution in [2.24, 2.45) is 0 Å². The first-order valence-electron chi connectivity index (χ1n) is 5.15. The molecule has 0 atom stereocenters. The van der Waals surface area contributed by atoms with Crippen molar-refractivity contribution >= 4 is 0 Å². The molecule has 1 rings (SSSR count). The van der Waals surface area contributed by atoms with Gasteiger partial charge in [0, 0.05) is 13.2 Å². The van der Waals surface area contributed by atoms with Gasteiger partial charge in [0.05, 0.1) is 0 Å².